The molecule has 104 valence electrons. The highest BCUT2D eigenvalue weighted by Gasteiger charge is 2.32. The molecule has 1 aliphatic rings. The highest BCUT2D eigenvalue weighted by Crippen LogP contribution is 2.28. The van der Waals surface area contributed by atoms with Crippen molar-refractivity contribution in [2.75, 3.05) is 13.1 Å². The summed E-state index contributed by atoms with van der Waals surface area (Å²) < 4.78 is 0. The fourth-order valence-corrected chi connectivity index (χ4v) is 2.87. The van der Waals surface area contributed by atoms with Gasteiger partial charge in [0.1, 0.15) is 0 Å². The Labute approximate surface area is 116 Å². The van der Waals surface area contributed by atoms with Crippen LogP contribution in [0.4, 0.5) is 0 Å². The molecule has 2 heteroatoms. The summed E-state index contributed by atoms with van der Waals surface area (Å²) in [6, 6.07) is 8.14. The maximum absolute atomic E-state index is 12.3. The van der Waals surface area contributed by atoms with Gasteiger partial charge in [-0.25, -0.2) is 0 Å². The van der Waals surface area contributed by atoms with Crippen molar-refractivity contribution >= 4 is 5.78 Å². The zero-order chi connectivity index (χ0) is 13.9. The van der Waals surface area contributed by atoms with Gasteiger partial charge in [-0.15, -0.1) is 0 Å². The van der Waals surface area contributed by atoms with E-state index in [-0.39, 0.29) is 11.3 Å². The quantitative estimate of drug-likeness (QED) is 0.752. The largest absolute Gasteiger partial charge is 0.293 e. The molecule has 2 nitrogen and oxygen atoms in total. The number of Topliss-reactive ketones (excluding diaryl/α,β-unsaturated/α-hetero) is 1. The summed E-state index contributed by atoms with van der Waals surface area (Å²) in [5.74, 6) is 0.248. The molecule has 0 amide bonds. The Morgan fingerprint density at radius 1 is 1.26 bits per heavy atom. The number of hydrogen-bond acceptors (Lipinski definition) is 2. The average molecular weight is 259 g/mol. The molecule has 0 bridgehead atoms. The average Bonchev–Trinajstić information content (AvgIpc) is 2.70. The van der Waals surface area contributed by atoms with Crippen LogP contribution >= 0.6 is 0 Å². The third-order valence-electron chi connectivity index (χ3n) is 4.22. The third-order valence-corrected chi connectivity index (χ3v) is 4.22. The number of aryl methyl sites for hydroxylation is 1. The zero-order valence-electron chi connectivity index (χ0n) is 12.4. The van der Waals surface area contributed by atoms with E-state index in [4.69, 9.17) is 0 Å². The van der Waals surface area contributed by atoms with E-state index in [9.17, 15) is 4.79 Å². The molecule has 1 heterocycles. The molecule has 0 spiro atoms. The summed E-state index contributed by atoms with van der Waals surface area (Å²) in [4.78, 5) is 14.6. The lowest BCUT2D eigenvalue weighted by atomic mass is 10.0. The number of likely N-dealkylation sites (tertiary alicyclic amines) is 1. The van der Waals surface area contributed by atoms with Crippen molar-refractivity contribution in [3.05, 3.63) is 35.4 Å². The lowest BCUT2D eigenvalue weighted by Gasteiger charge is -2.30. The van der Waals surface area contributed by atoms with Crippen molar-refractivity contribution in [2.45, 2.75) is 52.0 Å². The fraction of sp³-hybridized carbons (Fsp3) is 0.588. The Bertz CT molecular complexity index is 433. The highest BCUT2D eigenvalue weighted by atomic mass is 16.1. The Balaban J connectivity index is 2.00. The van der Waals surface area contributed by atoms with E-state index >= 15 is 0 Å². The maximum atomic E-state index is 12.3. The Morgan fingerprint density at radius 2 is 1.95 bits per heavy atom. The number of carbonyl (C=O) groups is 1. The van der Waals surface area contributed by atoms with Crippen molar-refractivity contribution in [3.8, 4) is 0 Å². The number of ketones is 1. The standard InChI is InChI=1S/C17H25NO/c1-4-6-14-7-9-15(10-8-14)16(19)13-18-12-5-11-17(18,2)3/h7-10H,4-6,11-13H2,1-3H3. The third kappa shape index (κ3) is 3.44. The fourth-order valence-electron chi connectivity index (χ4n) is 2.87. The number of hydrogen-bond donors (Lipinski definition) is 0. The van der Waals surface area contributed by atoms with Gasteiger partial charge in [-0.3, -0.25) is 9.69 Å². The first kappa shape index (κ1) is 14.3. The van der Waals surface area contributed by atoms with E-state index < -0.39 is 0 Å². The molecule has 0 radical (unpaired) electrons. The predicted octanol–water partition coefficient (Wildman–Crippen LogP) is 3.70. The van der Waals surface area contributed by atoms with Crippen molar-refractivity contribution in [1.29, 1.82) is 0 Å². The molecule has 0 saturated carbocycles. The van der Waals surface area contributed by atoms with Crippen LogP contribution in [0, 0.1) is 0 Å². The molecule has 0 unspecified atom stereocenters. The number of carbonyl (C=O) groups excluding carboxylic acids is 1. The Hall–Kier alpha value is -1.15. The Kier molecular flexibility index (Phi) is 4.41. The first-order valence-corrected chi connectivity index (χ1v) is 7.40. The normalized spacial score (nSPS) is 18.7. The summed E-state index contributed by atoms with van der Waals surface area (Å²) in [7, 11) is 0. The minimum Gasteiger partial charge on any atom is -0.293 e. The van der Waals surface area contributed by atoms with Crippen LogP contribution in [0.25, 0.3) is 0 Å². The lowest BCUT2D eigenvalue weighted by Crippen LogP contribution is -2.41. The van der Waals surface area contributed by atoms with Gasteiger partial charge >= 0.3 is 0 Å². The van der Waals surface area contributed by atoms with Crippen LogP contribution in [0.15, 0.2) is 24.3 Å². The number of benzene rings is 1. The van der Waals surface area contributed by atoms with Crippen LogP contribution in [0.1, 0.15) is 56.0 Å². The van der Waals surface area contributed by atoms with Crippen molar-refractivity contribution in [3.63, 3.8) is 0 Å². The SMILES string of the molecule is CCCc1ccc(C(=O)CN2CCCC2(C)C)cc1. The minimum absolute atomic E-state index is 0.178. The Morgan fingerprint density at radius 3 is 2.47 bits per heavy atom. The van der Waals surface area contributed by atoms with Crippen LogP contribution in [0.5, 0.6) is 0 Å². The summed E-state index contributed by atoms with van der Waals surface area (Å²) in [5.41, 5.74) is 2.35. The number of nitrogens with zero attached hydrogens (tertiary/aromatic N) is 1. The maximum Gasteiger partial charge on any atom is 0.176 e. The second-order valence-corrected chi connectivity index (χ2v) is 6.21. The summed E-state index contributed by atoms with van der Waals surface area (Å²) in [6.07, 6.45) is 4.63. The van der Waals surface area contributed by atoms with Gasteiger partial charge < -0.3 is 0 Å². The van der Waals surface area contributed by atoms with Gasteiger partial charge in [-0.05, 0) is 45.2 Å². The molecular weight excluding hydrogens is 234 g/mol. The molecule has 1 aliphatic heterocycles. The lowest BCUT2D eigenvalue weighted by molar-refractivity contribution is 0.0871. The molecule has 19 heavy (non-hydrogen) atoms. The molecule has 1 fully saturated rings. The van der Waals surface area contributed by atoms with Gasteiger partial charge in [0.05, 0.1) is 6.54 Å². The van der Waals surface area contributed by atoms with Gasteiger partial charge in [-0.2, -0.15) is 0 Å². The second-order valence-electron chi connectivity index (χ2n) is 6.21. The second kappa shape index (κ2) is 5.87. The van der Waals surface area contributed by atoms with Crippen LogP contribution in [-0.4, -0.2) is 29.3 Å². The van der Waals surface area contributed by atoms with E-state index in [2.05, 4.69) is 37.8 Å². The van der Waals surface area contributed by atoms with E-state index in [1.165, 1.54) is 18.4 Å². The van der Waals surface area contributed by atoms with Crippen molar-refractivity contribution in [2.24, 2.45) is 0 Å². The van der Waals surface area contributed by atoms with E-state index in [1.807, 2.05) is 12.1 Å². The highest BCUT2D eigenvalue weighted by molar-refractivity contribution is 5.97. The summed E-state index contributed by atoms with van der Waals surface area (Å²) in [6.45, 7) is 8.25. The molecule has 0 aromatic heterocycles. The van der Waals surface area contributed by atoms with Gasteiger partial charge in [0, 0.05) is 11.1 Å². The zero-order valence-corrected chi connectivity index (χ0v) is 12.4. The van der Waals surface area contributed by atoms with Crippen LogP contribution < -0.4 is 0 Å². The van der Waals surface area contributed by atoms with Gasteiger partial charge in [0.2, 0.25) is 0 Å². The van der Waals surface area contributed by atoms with Crippen LogP contribution in [0.3, 0.4) is 0 Å². The summed E-state index contributed by atoms with van der Waals surface area (Å²) in [5, 5.41) is 0. The van der Waals surface area contributed by atoms with E-state index in [1.54, 1.807) is 0 Å². The molecule has 0 atom stereocenters. The predicted molar refractivity (Wildman–Crippen MR) is 79.7 cm³/mol. The van der Waals surface area contributed by atoms with Crippen LogP contribution in [0.2, 0.25) is 0 Å². The number of rotatable bonds is 5. The van der Waals surface area contributed by atoms with E-state index in [0.717, 1.165) is 24.9 Å². The molecule has 0 aliphatic carbocycles. The smallest absolute Gasteiger partial charge is 0.176 e. The molecule has 2 rings (SSSR count). The van der Waals surface area contributed by atoms with Crippen molar-refractivity contribution in [1.82, 2.24) is 4.90 Å². The van der Waals surface area contributed by atoms with E-state index in [0.29, 0.717) is 6.54 Å². The molecule has 0 N–H and O–H groups in total. The summed E-state index contributed by atoms with van der Waals surface area (Å²) >= 11 is 0. The monoisotopic (exact) mass is 259 g/mol. The topological polar surface area (TPSA) is 20.3 Å². The first-order chi connectivity index (χ1) is 9.03. The van der Waals surface area contributed by atoms with Crippen molar-refractivity contribution < 1.29 is 4.79 Å². The van der Waals surface area contributed by atoms with Crippen LogP contribution in [-0.2, 0) is 6.42 Å². The van der Waals surface area contributed by atoms with Gasteiger partial charge in [0.15, 0.2) is 5.78 Å². The molecule has 1 aromatic rings. The van der Waals surface area contributed by atoms with Gasteiger partial charge in [0.25, 0.3) is 0 Å². The first-order valence-electron chi connectivity index (χ1n) is 7.40. The molecule has 1 aromatic carbocycles. The molecular formula is C17H25NO. The molecule has 1 saturated heterocycles. The minimum atomic E-state index is 0.178. The van der Waals surface area contributed by atoms with Gasteiger partial charge in [-0.1, -0.05) is 37.6 Å².